The Hall–Kier alpha value is -1.63. The highest BCUT2D eigenvalue weighted by Crippen LogP contribution is 2.07. The van der Waals surface area contributed by atoms with E-state index in [2.05, 4.69) is 9.71 Å². The molecular weight excluding hydrogens is 220 g/mol. The first-order valence-electron chi connectivity index (χ1n) is 4.12. The Morgan fingerprint density at radius 1 is 1.40 bits per heavy atom. The molecule has 0 spiro atoms. The number of hydrogen-bond donors (Lipinski definition) is 2. The van der Waals surface area contributed by atoms with Gasteiger partial charge in [-0.1, -0.05) is 0 Å². The summed E-state index contributed by atoms with van der Waals surface area (Å²) in [7, 11) is -3.59. The first-order chi connectivity index (χ1) is 6.99. The molecule has 0 saturated carbocycles. The van der Waals surface area contributed by atoms with Crippen LogP contribution in [0.1, 0.15) is 6.42 Å². The molecule has 0 aromatic carbocycles. The second kappa shape index (κ2) is 4.74. The second-order valence-electron chi connectivity index (χ2n) is 2.80. The van der Waals surface area contributed by atoms with Gasteiger partial charge in [-0.15, -0.1) is 0 Å². The highest BCUT2D eigenvalue weighted by molar-refractivity contribution is 7.92. The van der Waals surface area contributed by atoms with Gasteiger partial charge in [-0.05, 0) is 12.1 Å². The van der Waals surface area contributed by atoms with Crippen LogP contribution in [0.2, 0.25) is 0 Å². The Kier molecular flexibility index (Phi) is 3.62. The molecule has 0 bridgehead atoms. The zero-order valence-corrected chi connectivity index (χ0v) is 8.57. The number of carboxylic acids is 1. The Bertz CT molecular complexity index is 429. The maximum Gasteiger partial charge on any atom is 0.304 e. The molecule has 0 aliphatic heterocycles. The molecule has 1 heterocycles. The van der Waals surface area contributed by atoms with E-state index in [4.69, 9.17) is 5.11 Å². The normalized spacial score (nSPS) is 10.9. The highest BCUT2D eigenvalue weighted by Gasteiger charge is 2.12. The smallest absolute Gasteiger partial charge is 0.304 e. The third-order valence-electron chi connectivity index (χ3n) is 1.54. The molecule has 0 amide bonds. The van der Waals surface area contributed by atoms with Gasteiger partial charge in [0.2, 0.25) is 10.0 Å². The molecule has 82 valence electrons. The molecule has 0 atom stereocenters. The van der Waals surface area contributed by atoms with Crippen LogP contribution < -0.4 is 4.72 Å². The van der Waals surface area contributed by atoms with Gasteiger partial charge in [0.1, 0.15) is 0 Å². The van der Waals surface area contributed by atoms with Crippen molar-refractivity contribution in [2.45, 2.75) is 6.42 Å². The van der Waals surface area contributed by atoms with Crippen LogP contribution in [0, 0.1) is 0 Å². The molecule has 0 unspecified atom stereocenters. The van der Waals surface area contributed by atoms with Gasteiger partial charge >= 0.3 is 5.97 Å². The zero-order chi connectivity index (χ0) is 11.3. The summed E-state index contributed by atoms with van der Waals surface area (Å²) in [5.74, 6) is -1.58. The first kappa shape index (κ1) is 11.4. The summed E-state index contributed by atoms with van der Waals surface area (Å²) < 4.78 is 24.9. The third kappa shape index (κ3) is 4.41. The van der Waals surface area contributed by atoms with Crippen LogP contribution in [0.3, 0.4) is 0 Å². The molecule has 2 N–H and O–H groups in total. The topological polar surface area (TPSA) is 96.4 Å². The quantitative estimate of drug-likeness (QED) is 0.758. The molecule has 0 aliphatic rings. The van der Waals surface area contributed by atoms with Crippen molar-refractivity contribution >= 4 is 21.7 Å². The number of sulfonamides is 1. The molecular formula is C8H10N2O4S. The SMILES string of the molecule is O=C(O)CCS(=O)(=O)Nc1ccncc1. The zero-order valence-electron chi connectivity index (χ0n) is 7.75. The number of rotatable bonds is 5. The van der Waals surface area contributed by atoms with Crippen molar-refractivity contribution in [3.05, 3.63) is 24.5 Å². The van der Waals surface area contributed by atoms with Gasteiger partial charge in [0.15, 0.2) is 0 Å². The minimum atomic E-state index is -3.59. The Balaban J connectivity index is 2.61. The molecule has 1 rings (SSSR count). The van der Waals surface area contributed by atoms with Crippen molar-refractivity contribution in [1.82, 2.24) is 4.98 Å². The third-order valence-corrected chi connectivity index (χ3v) is 2.83. The van der Waals surface area contributed by atoms with E-state index < -0.39 is 28.2 Å². The second-order valence-corrected chi connectivity index (χ2v) is 4.64. The van der Waals surface area contributed by atoms with Crippen molar-refractivity contribution in [2.24, 2.45) is 0 Å². The van der Waals surface area contributed by atoms with Gasteiger partial charge in [0.25, 0.3) is 0 Å². The van der Waals surface area contributed by atoms with Crippen molar-refractivity contribution in [1.29, 1.82) is 0 Å². The van der Waals surface area contributed by atoms with Crippen LogP contribution in [0.4, 0.5) is 5.69 Å². The number of carboxylic acid groups (broad SMARTS) is 1. The minimum absolute atomic E-state index is 0.371. The van der Waals surface area contributed by atoms with E-state index >= 15 is 0 Å². The van der Waals surface area contributed by atoms with E-state index in [1.54, 1.807) is 0 Å². The largest absolute Gasteiger partial charge is 0.481 e. The maximum absolute atomic E-state index is 11.3. The van der Waals surface area contributed by atoms with Crippen LogP contribution in [-0.4, -0.2) is 30.2 Å². The van der Waals surface area contributed by atoms with Gasteiger partial charge in [0.05, 0.1) is 17.9 Å². The summed E-state index contributed by atoms with van der Waals surface area (Å²) in [6, 6.07) is 2.97. The van der Waals surface area contributed by atoms with Gasteiger partial charge in [-0.3, -0.25) is 14.5 Å². The average molecular weight is 230 g/mol. The number of aliphatic carboxylic acids is 1. The highest BCUT2D eigenvalue weighted by atomic mass is 32.2. The first-order valence-corrected chi connectivity index (χ1v) is 5.77. The summed E-state index contributed by atoms with van der Waals surface area (Å²) >= 11 is 0. The van der Waals surface area contributed by atoms with E-state index in [9.17, 15) is 13.2 Å². The summed E-state index contributed by atoms with van der Waals surface area (Å²) in [5.41, 5.74) is 0.371. The van der Waals surface area contributed by atoms with Crippen molar-refractivity contribution in [3.8, 4) is 0 Å². The lowest BCUT2D eigenvalue weighted by Crippen LogP contribution is -2.18. The van der Waals surface area contributed by atoms with Crippen LogP contribution >= 0.6 is 0 Å². The lowest BCUT2D eigenvalue weighted by Gasteiger charge is -2.05. The maximum atomic E-state index is 11.3. The lowest BCUT2D eigenvalue weighted by molar-refractivity contribution is -0.136. The number of nitrogens with zero attached hydrogens (tertiary/aromatic N) is 1. The number of pyridine rings is 1. The van der Waals surface area contributed by atoms with Gasteiger partial charge in [-0.2, -0.15) is 0 Å². The molecule has 0 saturated heterocycles. The van der Waals surface area contributed by atoms with E-state index in [-0.39, 0.29) is 0 Å². The molecule has 1 aromatic heterocycles. The fraction of sp³-hybridized carbons (Fsp3) is 0.250. The van der Waals surface area contributed by atoms with Crippen LogP contribution in [0.5, 0.6) is 0 Å². The van der Waals surface area contributed by atoms with Crippen LogP contribution in [0.25, 0.3) is 0 Å². The summed E-state index contributed by atoms with van der Waals surface area (Å²) in [6.45, 7) is 0. The fourth-order valence-corrected chi connectivity index (χ4v) is 1.91. The standard InChI is InChI=1S/C8H10N2O4S/c11-8(12)3-6-15(13,14)10-7-1-4-9-5-2-7/h1-2,4-5H,3,6H2,(H,9,10)(H,11,12). The van der Waals surface area contributed by atoms with Crippen molar-refractivity contribution < 1.29 is 18.3 Å². The minimum Gasteiger partial charge on any atom is -0.481 e. The predicted octanol–water partition coefficient (Wildman–Crippen LogP) is 0.298. The molecule has 6 nitrogen and oxygen atoms in total. The number of aromatic nitrogens is 1. The van der Waals surface area contributed by atoms with Gasteiger partial charge < -0.3 is 5.11 Å². The average Bonchev–Trinajstić information content (AvgIpc) is 2.16. The Morgan fingerprint density at radius 2 is 2.00 bits per heavy atom. The molecule has 0 aliphatic carbocycles. The summed E-state index contributed by atoms with van der Waals surface area (Å²) in [4.78, 5) is 13.9. The van der Waals surface area contributed by atoms with Gasteiger partial charge in [-0.25, -0.2) is 8.42 Å². The van der Waals surface area contributed by atoms with E-state index in [1.165, 1.54) is 24.5 Å². The van der Waals surface area contributed by atoms with Crippen LogP contribution in [0.15, 0.2) is 24.5 Å². The van der Waals surface area contributed by atoms with E-state index in [0.717, 1.165) is 0 Å². The number of nitrogens with one attached hydrogen (secondary N) is 1. The van der Waals surface area contributed by atoms with E-state index in [0.29, 0.717) is 5.69 Å². The summed E-state index contributed by atoms with van der Waals surface area (Å²) in [5, 5.41) is 8.34. The summed E-state index contributed by atoms with van der Waals surface area (Å²) in [6.07, 6.45) is 2.46. The molecule has 0 radical (unpaired) electrons. The fourth-order valence-electron chi connectivity index (χ4n) is 0.872. The monoisotopic (exact) mass is 230 g/mol. The van der Waals surface area contributed by atoms with Crippen LogP contribution in [-0.2, 0) is 14.8 Å². The predicted molar refractivity (Wildman–Crippen MR) is 53.9 cm³/mol. The molecule has 0 fully saturated rings. The molecule has 7 heteroatoms. The number of hydrogen-bond acceptors (Lipinski definition) is 4. The number of anilines is 1. The van der Waals surface area contributed by atoms with Crippen molar-refractivity contribution in [3.63, 3.8) is 0 Å². The number of carbonyl (C=O) groups is 1. The lowest BCUT2D eigenvalue weighted by atomic mass is 10.4. The van der Waals surface area contributed by atoms with Crippen molar-refractivity contribution in [2.75, 3.05) is 10.5 Å². The Labute approximate surface area is 87.0 Å². The molecule has 15 heavy (non-hydrogen) atoms. The van der Waals surface area contributed by atoms with E-state index in [1.807, 2.05) is 0 Å². The Morgan fingerprint density at radius 3 is 2.53 bits per heavy atom. The van der Waals surface area contributed by atoms with Gasteiger partial charge in [0, 0.05) is 12.4 Å². The molecule has 1 aromatic rings.